The van der Waals surface area contributed by atoms with Crippen LogP contribution in [0, 0.1) is 12.7 Å². The third kappa shape index (κ3) is 2.99. The van der Waals surface area contributed by atoms with E-state index >= 15 is 0 Å². The summed E-state index contributed by atoms with van der Waals surface area (Å²) in [5.41, 5.74) is 1.47. The van der Waals surface area contributed by atoms with Gasteiger partial charge in [-0.1, -0.05) is 12.1 Å². The Kier molecular flexibility index (Phi) is 4.17. The minimum atomic E-state index is -0.369. The summed E-state index contributed by atoms with van der Waals surface area (Å²) in [5, 5.41) is 4.20. The Labute approximate surface area is 134 Å². The molecule has 1 amide bonds. The number of benzene rings is 1. The molecule has 1 saturated heterocycles. The standard InChI is InChI=1S/C17H20FN3O2/c1-11-9-20(10-12(2)23-11)17(22)14-8-19-21(13(14)3)16-7-5-4-6-15(16)18/h4-8,11-12H,9-10H2,1-3H3. The number of ether oxygens (including phenoxy) is 1. The molecule has 2 unspecified atom stereocenters. The van der Waals surface area contributed by atoms with Gasteiger partial charge in [-0.3, -0.25) is 4.79 Å². The van der Waals surface area contributed by atoms with Crippen LogP contribution in [0.2, 0.25) is 0 Å². The Morgan fingerprint density at radius 3 is 2.57 bits per heavy atom. The summed E-state index contributed by atoms with van der Waals surface area (Å²) >= 11 is 0. The summed E-state index contributed by atoms with van der Waals surface area (Å²) in [5.74, 6) is -0.460. The summed E-state index contributed by atoms with van der Waals surface area (Å²) in [6.07, 6.45) is 1.52. The SMILES string of the molecule is Cc1c(C(=O)N2CC(C)OC(C)C2)cnn1-c1ccccc1F. The highest BCUT2D eigenvalue weighted by molar-refractivity contribution is 5.95. The van der Waals surface area contributed by atoms with Gasteiger partial charge >= 0.3 is 0 Å². The van der Waals surface area contributed by atoms with Crippen LogP contribution >= 0.6 is 0 Å². The quantitative estimate of drug-likeness (QED) is 0.855. The fourth-order valence-electron chi connectivity index (χ4n) is 3.00. The zero-order valence-corrected chi connectivity index (χ0v) is 13.5. The molecule has 6 heteroatoms. The third-order valence-corrected chi connectivity index (χ3v) is 4.03. The molecular formula is C17H20FN3O2. The molecule has 2 aromatic rings. The van der Waals surface area contributed by atoms with Crippen molar-refractivity contribution in [2.45, 2.75) is 33.0 Å². The minimum Gasteiger partial charge on any atom is -0.372 e. The maximum absolute atomic E-state index is 14.0. The second-order valence-electron chi connectivity index (χ2n) is 5.97. The summed E-state index contributed by atoms with van der Waals surface area (Å²) in [4.78, 5) is 14.5. The van der Waals surface area contributed by atoms with Crippen LogP contribution in [0.3, 0.4) is 0 Å². The Morgan fingerprint density at radius 2 is 1.91 bits per heavy atom. The Hall–Kier alpha value is -2.21. The lowest BCUT2D eigenvalue weighted by Gasteiger charge is -2.35. The Balaban J connectivity index is 1.90. The highest BCUT2D eigenvalue weighted by atomic mass is 19.1. The molecule has 1 fully saturated rings. The van der Waals surface area contributed by atoms with E-state index in [2.05, 4.69) is 5.10 Å². The number of rotatable bonds is 2. The van der Waals surface area contributed by atoms with Crippen molar-refractivity contribution in [2.24, 2.45) is 0 Å². The Bertz CT molecular complexity index is 718. The van der Waals surface area contributed by atoms with Crippen molar-refractivity contribution < 1.29 is 13.9 Å². The molecular weight excluding hydrogens is 297 g/mol. The van der Waals surface area contributed by atoms with Crippen LogP contribution in [0.25, 0.3) is 5.69 Å². The smallest absolute Gasteiger partial charge is 0.257 e. The third-order valence-electron chi connectivity index (χ3n) is 4.03. The summed E-state index contributed by atoms with van der Waals surface area (Å²) in [7, 11) is 0. The van der Waals surface area contributed by atoms with E-state index in [0.29, 0.717) is 30.0 Å². The van der Waals surface area contributed by atoms with Gasteiger partial charge in [0, 0.05) is 13.1 Å². The van der Waals surface area contributed by atoms with Crippen LogP contribution in [0.5, 0.6) is 0 Å². The highest BCUT2D eigenvalue weighted by Gasteiger charge is 2.28. The molecule has 1 aliphatic rings. The first-order valence-electron chi connectivity index (χ1n) is 7.71. The minimum absolute atomic E-state index is 0.00428. The van der Waals surface area contributed by atoms with Gasteiger partial charge in [0.1, 0.15) is 11.5 Å². The molecule has 0 N–H and O–H groups in total. The number of para-hydroxylation sites is 1. The second-order valence-corrected chi connectivity index (χ2v) is 5.97. The van der Waals surface area contributed by atoms with Gasteiger partial charge < -0.3 is 9.64 Å². The average molecular weight is 317 g/mol. The predicted octanol–water partition coefficient (Wildman–Crippen LogP) is 2.57. The van der Waals surface area contributed by atoms with E-state index in [1.165, 1.54) is 16.9 Å². The number of nitrogens with zero attached hydrogens (tertiary/aromatic N) is 3. The average Bonchev–Trinajstić information content (AvgIpc) is 2.87. The van der Waals surface area contributed by atoms with Crippen molar-refractivity contribution >= 4 is 5.91 Å². The second kappa shape index (κ2) is 6.12. The molecule has 0 saturated carbocycles. The van der Waals surface area contributed by atoms with Crippen LogP contribution in [0.15, 0.2) is 30.5 Å². The van der Waals surface area contributed by atoms with E-state index < -0.39 is 0 Å². The molecule has 0 bridgehead atoms. The van der Waals surface area contributed by atoms with Gasteiger partial charge in [0.25, 0.3) is 5.91 Å². The first-order valence-corrected chi connectivity index (χ1v) is 7.71. The fourth-order valence-corrected chi connectivity index (χ4v) is 3.00. The maximum Gasteiger partial charge on any atom is 0.257 e. The first kappa shape index (κ1) is 15.7. The van der Waals surface area contributed by atoms with Crippen LogP contribution in [0.1, 0.15) is 29.9 Å². The van der Waals surface area contributed by atoms with E-state index in [4.69, 9.17) is 4.74 Å². The molecule has 1 aliphatic heterocycles. The molecule has 2 atom stereocenters. The van der Waals surface area contributed by atoms with Crippen LogP contribution in [-0.4, -0.2) is 45.9 Å². The molecule has 23 heavy (non-hydrogen) atoms. The first-order chi connectivity index (χ1) is 11.0. The highest BCUT2D eigenvalue weighted by Crippen LogP contribution is 2.20. The van der Waals surface area contributed by atoms with E-state index in [0.717, 1.165) is 0 Å². The van der Waals surface area contributed by atoms with Gasteiger partial charge in [-0.2, -0.15) is 5.10 Å². The zero-order valence-electron chi connectivity index (χ0n) is 13.5. The van der Waals surface area contributed by atoms with E-state index in [9.17, 15) is 9.18 Å². The van der Waals surface area contributed by atoms with Crippen molar-refractivity contribution in [1.29, 1.82) is 0 Å². The number of carbonyl (C=O) groups excluding carboxylic acids is 1. The number of halogens is 1. The molecule has 5 nitrogen and oxygen atoms in total. The van der Waals surface area contributed by atoms with Crippen molar-refractivity contribution in [3.63, 3.8) is 0 Å². The van der Waals surface area contributed by atoms with Gasteiger partial charge in [-0.15, -0.1) is 0 Å². The van der Waals surface area contributed by atoms with Crippen LogP contribution in [-0.2, 0) is 4.74 Å². The molecule has 122 valence electrons. The molecule has 0 aliphatic carbocycles. The topological polar surface area (TPSA) is 47.4 Å². The number of carbonyl (C=O) groups is 1. The van der Waals surface area contributed by atoms with E-state index in [-0.39, 0.29) is 23.9 Å². The van der Waals surface area contributed by atoms with Gasteiger partial charge in [0.05, 0.1) is 29.7 Å². The predicted molar refractivity (Wildman–Crippen MR) is 84.2 cm³/mol. The molecule has 0 radical (unpaired) electrons. The van der Waals surface area contributed by atoms with E-state index in [1.807, 2.05) is 13.8 Å². The van der Waals surface area contributed by atoms with Gasteiger partial charge in [-0.05, 0) is 32.9 Å². The number of amides is 1. The van der Waals surface area contributed by atoms with Crippen molar-refractivity contribution in [3.8, 4) is 5.69 Å². The van der Waals surface area contributed by atoms with Crippen molar-refractivity contribution in [2.75, 3.05) is 13.1 Å². The van der Waals surface area contributed by atoms with E-state index in [1.54, 1.807) is 30.0 Å². The normalized spacial score (nSPS) is 21.5. The molecule has 1 aromatic carbocycles. The molecule has 0 spiro atoms. The number of hydrogen-bond acceptors (Lipinski definition) is 3. The van der Waals surface area contributed by atoms with Crippen molar-refractivity contribution in [1.82, 2.24) is 14.7 Å². The van der Waals surface area contributed by atoms with Gasteiger partial charge in [0.15, 0.2) is 0 Å². The summed E-state index contributed by atoms with van der Waals surface area (Å²) in [6.45, 7) is 6.78. The summed E-state index contributed by atoms with van der Waals surface area (Å²) in [6, 6.07) is 6.39. The Morgan fingerprint density at radius 1 is 1.26 bits per heavy atom. The van der Waals surface area contributed by atoms with Crippen LogP contribution in [0.4, 0.5) is 4.39 Å². The molecule has 2 heterocycles. The zero-order chi connectivity index (χ0) is 16.6. The lowest BCUT2D eigenvalue weighted by atomic mass is 10.1. The number of morpholine rings is 1. The lowest BCUT2D eigenvalue weighted by Crippen LogP contribution is -2.48. The number of hydrogen-bond donors (Lipinski definition) is 0. The van der Waals surface area contributed by atoms with Gasteiger partial charge in [0.2, 0.25) is 0 Å². The van der Waals surface area contributed by atoms with Crippen molar-refractivity contribution in [3.05, 3.63) is 47.5 Å². The van der Waals surface area contributed by atoms with Crippen LogP contribution < -0.4 is 0 Å². The largest absolute Gasteiger partial charge is 0.372 e. The monoisotopic (exact) mass is 317 g/mol. The fraction of sp³-hybridized carbons (Fsp3) is 0.412. The maximum atomic E-state index is 14.0. The molecule has 1 aromatic heterocycles. The molecule has 3 rings (SSSR count). The lowest BCUT2D eigenvalue weighted by molar-refractivity contribution is -0.0586. The van der Waals surface area contributed by atoms with Gasteiger partial charge in [-0.25, -0.2) is 9.07 Å². The summed E-state index contributed by atoms with van der Waals surface area (Å²) < 4.78 is 21.1. The number of aromatic nitrogens is 2.